The molecule has 2 unspecified atom stereocenters. The van der Waals surface area contributed by atoms with Gasteiger partial charge in [0.2, 0.25) is 0 Å². The zero-order chi connectivity index (χ0) is 33.5. The molecule has 2 aromatic heterocycles. The summed E-state index contributed by atoms with van der Waals surface area (Å²) in [6.07, 6.45) is 2.80. The van der Waals surface area contributed by atoms with Gasteiger partial charge in [0.15, 0.2) is 11.6 Å². The first-order valence-corrected chi connectivity index (χ1v) is 16.8. The van der Waals surface area contributed by atoms with E-state index in [0.717, 1.165) is 62.0 Å². The Kier molecular flexibility index (Phi) is 11.8. The molecule has 246 valence electrons. The summed E-state index contributed by atoms with van der Waals surface area (Å²) in [6, 6.07) is 9.72. The van der Waals surface area contributed by atoms with Crippen LogP contribution in [-0.4, -0.2) is 58.5 Å². The van der Waals surface area contributed by atoms with Crippen LogP contribution in [0.3, 0.4) is 0 Å². The number of nitrogens with one attached hydrogen (secondary N) is 1. The van der Waals surface area contributed by atoms with Gasteiger partial charge in [0.25, 0.3) is 0 Å². The summed E-state index contributed by atoms with van der Waals surface area (Å²) in [4.78, 5) is 50.5. The Morgan fingerprint density at radius 3 is 1.89 bits per heavy atom. The monoisotopic (exact) mass is 667 g/mol. The van der Waals surface area contributed by atoms with Crippen LogP contribution in [0.2, 0.25) is 0 Å². The Hall–Kier alpha value is -3.96. The number of rotatable bonds is 16. The summed E-state index contributed by atoms with van der Waals surface area (Å²) < 4.78 is 22.8. The van der Waals surface area contributed by atoms with Crippen molar-refractivity contribution in [1.82, 2.24) is 0 Å². The topological polar surface area (TPSA) is 117 Å². The minimum atomic E-state index is -0.500. The number of benzene rings is 2. The second kappa shape index (κ2) is 15.6. The molecule has 2 aromatic carbocycles. The minimum absolute atomic E-state index is 0.0721. The zero-order valence-corrected chi connectivity index (χ0v) is 29.0. The lowest BCUT2D eigenvalue weighted by Crippen LogP contribution is -2.16. The second-order valence-electron chi connectivity index (χ2n) is 11.4. The van der Waals surface area contributed by atoms with Gasteiger partial charge in [-0.15, -0.1) is 22.7 Å². The van der Waals surface area contributed by atoms with Gasteiger partial charge in [-0.05, 0) is 72.4 Å². The highest BCUT2D eigenvalue weighted by Crippen LogP contribution is 2.38. The number of methoxy groups -OCH3 is 4. The number of thiophene rings is 2. The average Bonchev–Trinajstić information content (AvgIpc) is 3.68. The van der Waals surface area contributed by atoms with E-state index in [1.165, 1.54) is 36.9 Å². The summed E-state index contributed by atoms with van der Waals surface area (Å²) in [7, 11) is 5.94. The standard InChI is InChI=1S/C35H41NO8S2/c1-19(34(39)43-6)12-26(37)32-15-22-14-25(29(42-5)18-30(22)45-32)36-11-9-8-10-23-21(3)24-16-33(46-31(24)17-28(23)41-4)27(38)13-20(2)35(40)44-7/h14-20,36H,8-13H2,1-7H3. The van der Waals surface area contributed by atoms with E-state index < -0.39 is 17.8 Å². The lowest BCUT2D eigenvalue weighted by atomic mass is 9.98. The summed E-state index contributed by atoms with van der Waals surface area (Å²) in [6.45, 7) is 6.17. The Balaban J connectivity index is 1.40. The molecule has 0 saturated carbocycles. The lowest BCUT2D eigenvalue weighted by Gasteiger charge is -2.14. The third-order valence-electron chi connectivity index (χ3n) is 8.14. The van der Waals surface area contributed by atoms with Gasteiger partial charge in [-0.25, -0.2) is 0 Å². The molecule has 0 aliphatic carbocycles. The largest absolute Gasteiger partial charge is 0.496 e. The SMILES string of the molecule is COC(=O)C(C)CC(=O)c1cc2cc(NCCCCc3c(OC)cc4sc(C(=O)CC(C)C(=O)OC)cc4c3C)c(OC)cc2s1. The highest BCUT2D eigenvalue weighted by molar-refractivity contribution is 7.21. The molecule has 0 amide bonds. The highest BCUT2D eigenvalue weighted by Gasteiger charge is 2.23. The average molecular weight is 668 g/mol. The molecule has 2 heterocycles. The molecule has 0 aliphatic rings. The van der Waals surface area contributed by atoms with Crippen molar-refractivity contribution < 1.29 is 38.1 Å². The highest BCUT2D eigenvalue weighted by atomic mass is 32.1. The number of anilines is 1. The van der Waals surface area contributed by atoms with Crippen LogP contribution < -0.4 is 14.8 Å². The van der Waals surface area contributed by atoms with Crippen LogP contribution in [0.4, 0.5) is 5.69 Å². The van der Waals surface area contributed by atoms with Gasteiger partial charge in [0, 0.05) is 34.9 Å². The molecule has 2 atom stereocenters. The fourth-order valence-electron chi connectivity index (χ4n) is 5.48. The number of fused-ring (bicyclic) bond motifs is 2. The van der Waals surface area contributed by atoms with Crippen molar-refractivity contribution in [3.63, 3.8) is 0 Å². The van der Waals surface area contributed by atoms with E-state index in [-0.39, 0.29) is 30.4 Å². The van der Waals surface area contributed by atoms with Crippen molar-refractivity contribution >= 4 is 72.0 Å². The zero-order valence-electron chi connectivity index (χ0n) is 27.4. The van der Waals surface area contributed by atoms with E-state index in [2.05, 4.69) is 12.2 Å². The maximum Gasteiger partial charge on any atom is 0.308 e. The number of Topliss-reactive ketones (excluding diaryl/α,β-unsaturated/α-hetero) is 2. The molecular formula is C35H41NO8S2. The Bertz CT molecular complexity index is 1750. The van der Waals surface area contributed by atoms with Gasteiger partial charge < -0.3 is 24.3 Å². The van der Waals surface area contributed by atoms with Crippen LogP contribution in [0, 0.1) is 18.8 Å². The predicted molar refractivity (Wildman–Crippen MR) is 183 cm³/mol. The fraction of sp³-hybridized carbons (Fsp3) is 0.429. The predicted octanol–water partition coefficient (Wildman–Crippen LogP) is 7.64. The van der Waals surface area contributed by atoms with Gasteiger partial charge in [-0.3, -0.25) is 19.2 Å². The summed E-state index contributed by atoms with van der Waals surface area (Å²) in [5, 5.41) is 5.45. The molecule has 0 radical (unpaired) electrons. The van der Waals surface area contributed by atoms with Crippen molar-refractivity contribution in [2.45, 2.75) is 52.9 Å². The number of esters is 2. The lowest BCUT2D eigenvalue weighted by molar-refractivity contribution is -0.145. The summed E-state index contributed by atoms with van der Waals surface area (Å²) in [5.41, 5.74) is 3.06. The van der Waals surface area contributed by atoms with Crippen LogP contribution in [0.5, 0.6) is 11.5 Å². The third kappa shape index (κ3) is 7.87. The quantitative estimate of drug-likeness (QED) is 0.0731. The number of unbranched alkanes of at least 4 members (excludes halogenated alkanes) is 1. The maximum absolute atomic E-state index is 12.9. The number of ether oxygens (including phenoxy) is 4. The van der Waals surface area contributed by atoms with E-state index in [9.17, 15) is 19.2 Å². The smallest absolute Gasteiger partial charge is 0.308 e. The molecule has 4 aromatic rings. The second-order valence-corrected chi connectivity index (χ2v) is 13.6. The Labute approximate surface area is 277 Å². The first kappa shape index (κ1) is 34.9. The van der Waals surface area contributed by atoms with E-state index in [4.69, 9.17) is 18.9 Å². The molecule has 1 N–H and O–H groups in total. The molecule has 0 fully saturated rings. The van der Waals surface area contributed by atoms with E-state index >= 15 is 0 Å². The third-order valence-corrected chi connectivity index (χ3v) is 10.4. The normalized spacial score (nSPS) is 12.5. The van der Waals surface area contributed by atoms with Crippen molar-refractivity contribution in [3.8, 4) is 11.5 Å². The molecule has 0 aliphatic heterocycles. The van der Waals surface area contributed by atoms with Gasteiger partial charge in [-0.1, -0.05) is 13.8 Å². The number of hydrogen-bond donors (Lipinski definition) is 1. The first-order chi connectivity index (χ1) is 22.0. The van der Waals surface area contributed by atoms with Crippen LogP contribution in [-0.2, 0) is 25.5 Å². The number of carbonyl (C=O) groups excluding carboxylic acids is 4. The number of ketones is 2. The van der Waals surface area contributed by atoms with Crippen molar-refractivity contribution in [3.05, 3.63) is 51.2 Å². The van der Waals surface area contributed by atoms with Gasteiger partial charge in [0.1, 0.15) is 11.5 Å². The summed E-state index contributed by atoms with van der Waals surface area (Å²) >= 11 is 2.81. The van der Waals surface area contributed by atoms with Crippen LogP contribution in [0.1, 0.15) is 70.0 Å². The molecule has 9 nitrogen and oxygen atoms in total. The number of hydrogen-bond acceptors (Lipinski definition) is 11. The number of aryl methyl sites for hydroxylation is 1. The molecule has 0 spiro atoms. The molecular weight excluding hydrogens is 627 g/mol. The Morgan fingerprint density at radius 1 is 0.739 bits per heavy atom. The summed E-state index contributed by atoms with van der Waals surface area (Å²) in [5.74, 6) is -0.441. The van der Waals surface area contributed by atoms with Gasteiger partial charge in [-0.2, -0.15) is 0 Å². The van der Waals surface area contributed by atoms with Gasteiger partial charge in [0.05, 0.1) is 55.7 Å². The fourth-order valence-corrected chi connectivity index (χ4v) is 7.60. The van der Waals surface area contributed by atoms with E-state index in [1.54, 1.807) is 28.1 Å². The molecule has 4 rings (SSSR count). The molecule has 11 heteroatoms. The Morgan fingerprint density at radius 2 is 1.30 bits per heavy atom. The van der Waals surface area contributed by atoms with E-state index in [0.29, 0.717) is 22.0 Å². The van der Waals surface area contributed by atoms with Gasteiger partial charge >= 0.3 is 11.9 Å². The van der Waals surface area contributed by atoms with Crippen LogP contribution in [0.15, 0.2) is 30.3 Å². The minimum Gasteiger partial charge on any atom is -0.496 e. The van der Waals surface area contributed by atoms with Crippen molar-refractivity contribution in [2.24, 2.45) is 11.8 Å². The first-order valence-electron chi connectivity index (χ1n) is 15.2. The van der Waals surface area contributed by atoms with Crippen LogP contribution >= 0.6 is 22.7 Å². The van der Waals surface area contributed by atoms with E-state index in [1.807, 2.05) is 30.3 Å². The van der Waals surface area contributed by atoms with Crippen molar-refractivity contribution in [2.75, 3.05) is 40.3 Å². The maximum atomic E-state index is 12.9. The number of carbonyl (C=O) groups is 4. The molecule has 0 bridgehead atoms. The molecule has 0 saturated heterocycles. The van der Waals surface area contributed by atoms with Crippen LogP contribution in [0.25, 0.3) is 20.2 Å². The van der Waals surface area contributed by atoms with Crippen molar-refractivity contribution in [1.29, 1.82) is 0 Å². The molecule has 46 heavy (non-hydrogen) atoms.